The highest BCUT2D eigenvalue weighted by atomic mass is 32.1. The van der Waals surface area contributed by atoms with Gasteiger partial charge < -0.3 is 25.0 Å². The fourth-order valence-corrected chi connectivity index (χ4v) is 6.61. The maximum atomic E-state index is 13.7. The number of aromatic nitrogens is 2. The molecule has 0 unspecified atom stereocenters. The Hall–Kier alpha value is -4.63. The van der Waals surface area contributed by atoms with Crippen molar-refractivity contribution >= 4 is 40.6 Å². The van der Waals surface area contributed by atoms with Crippen LogP contribution in [0.2, 0.25) is 0 Å². The van der Waals surface area contributed by atoms with Crippen LogP contribution in [0.15, 0.2) is 54.2 Å². The second-order valence-electron chi connectivity index (χ2n) is 10.8. The zero-order valence-electron chi connectivity index (χ0n) is 23.9. The van der Waals surface area contributed by atoms with Crippen LogP contribution in [0.25, 0.3) is 5.65 Å². The van der Waals surface area contributed by atoms with E-state index in [2.05, 4.69) is 10.3 Å². The third kappa shape index (κ3) is 6.59. The number of imidazole rings is 1. The topological polar surface area (TPSA) is 120 Å². The molecule has 236 valence electrons. The number of anilines is 1. The summed E-state index contributed by atoms with van der Waals surface area (Å²) in [6, 6.07) is 8.57. The van der Waals surface area contributed by atoms with Crippen molar-refractivity contribution in [1.29, 1.82) is 0 Å². The van der Waals surface area contributed by atoms with E-state index >= 15 is 0 Å². The second-order valence-corrected chi connectivity index (χ2v) is 11.7. The van der Waals surface area contributed by atoms with Crippen LogP contribution < -0.4 is 10.1 Å². The molecule has 0 bridgehead atoms. The van der Waals surface area contributed by atoms with Crippen molar-refractivity contribution in [1.82, 2.24) is 24.1 Å². The van der Waals surface area contributed by atoms with Gasteiger partial charge in [0.25, 0.3) is 11.8 Å². The van der Waals surface area contributed by atoms with Gasteiger partial charge in [0.15, 0.2) is 0 Å². The lowest BCUT2D eigenvalue weighted by Gasteiger charge is -2.32. The van der Waals surface area contributed by atoms with Crippen molar-refractivity contribution in [3.63, 3.8) is 0 Å². The molecule has 3 aromatic heterocycles. The van der Waals surface area contributed by atoms with E-state index in [9.17, 15) is 27.6 Å². The van der Waals surface area contributed by atoms with Crippen LogP contribution >= 0.6 is 11.3 Å². The van der Waals surface area contributed by atoms with E-state index in [1.54, 1.807) is 20.9 Å². The van der Waals surface area contributed by atoms with Crippen LogP contribution in [-0.4, -0.2) is 93.0 Å². The Morgan fingerprint density at radius 1 is 1.04 bits per heavy atom. The highest BCUT2D eigenvalue weighted by molar-refractivity contribution is 7.10. The first kappa shape index (κ1) is 30.4. The molecular weight excluding hydrogens is 613 g/mol. The number of carbonyl (C=O) groups is 3. The average Bonchev–Trinajstić information content (AvgIpc) is 3.65. The summed E-state index contributed by atoms with van der Waals surface area (Å²) in [5, 5.41) is 13.4. The molecule has 0 saturated carbocycles. The molecule has 2 aliphatic heterocycles. The Labute approximate surface area is 259 Å². The number of hydrogen-bond donors (Lipinski definition) is 2. The minimum Gasteiger partial charge on any atom is -0.492 e. The third-order valence-electron chi connectivity index (χ3n) is 7.93. The molecule has 0 spiro atoms. The zero-order valence-corrected chi connectivity index (χ0v) is 24.7. The number of ether oxygens (including phenoxy) is 1. The van der Waals surface area contributed by atoms with Gasteiger partial charge in [0, 0.05) is 67.5 Å². The van der Waals surface area contributed by atoms with Crippen LogP contribution in [0.4, 0.5) is 23.7 Å². The van der Waals surface area contributed by atoms with Crippen LogP contribution in [-0.2, 0) is 19.1 Å². The summed E-state index contributed by atoms with van der Waals surface area (Å²) in [5.74, 6) is -0.772. The lowest BCUT2D eigenvalue weighted by Crippen LogP contribution is -2.49. The smallest absolute Gasteiger partial charge is 0.416 e. The summed E-state index contributed by atoms with van der Waals surface area (Å²) in [6.45, 7) is 2.85. The number of nitrogens with zero attached hydrogens (tertiary/aromatic N) is 5. The van der Waals surface area contributed by atoms with Crippen LogP contribution in [0, 0.1) is 0 Å². The van der Waals surface area contributed by atoms with Crippen LogP contribution in [0.1, 0.15) is 36.9 Å². The number of hydrogen-bond acceptors (Lipinski definition) is 7. The fraction of sp³-hybridized carbons (Fsp3) is 0.333. The number of carboxylic acid groups (broad SMARTS) is 1. The van der Waals surface area contributed by atoms with E-state index in [-0.39, 0.29) is 24.0 Å². The lowest BCUT2D eigenvalue weighted by atomic mass is 10.0. The first-order valence-corrected chi connectivity index (χ1v) is 15.1. The van der Waals surface area contributed by atoms with Crippen molar-refractivity contribution in [3.05, 3.63) is 81.4 Å². The summed E-state index contributed by atoms with van der Waals surface area (Å²) < 4.78 is 48.5. The van der Waals surface area contributed by atoms with Gasteiger partial charge in [0.2, 0.25) is 0 Å². The van der Waals surface area contributed by atoms with Crippen molar-refractivity contribution < 1.29 is 37.4 Å². The number of nitrogens with one attached hydrogen (secondary N) is 1. The normalized spacial score (nSPS) is 15.6. The highest BCUT2D eigenvalue weighted by Gasteiger charge is 2.32. The van der Waals surface area contributed by atoms with E-state index in [4.69, 9.17) is 9.84 Å². The van der Waals surface area contributed by atoms with Crippen molar-refractivity contribution in [2.45, 2.75) is 19.1 Å². The molecule has 15 heteroatoms. The molecule has 2 N–H and O–H groups in total. The number of rotatable bonds is 7. The summed E-state index contributed by atoms with van der Waals surface area (Å²) in [5.41, 5.74) is 1.21. The predicted octanol–water partition coefficient (Wildman–Crippen LogP) is 4.54. The number of alkyl halides is 3. The Kier molecular flexibility index (Phi) is 8.38. The minimum absolute atomic E-state index is 0.0433. The van der Waals surface area contributed by atoms with Gasteiger partial charge in [-0.1, -0.05) is 6.07 Å². The Bertz CT molecular complexity index is 1750. The molecule has 6 rings (SSSR count). The number of pyridine rings is 1. The maximum absolute atomic E-state index is 13.7. The van der Waals surface area contributed by atoms with Gasteiger partial charge in [0.05, 0.1) is 23.9 Å². The summed E-state index contributed by atoms with van der Waals surface area (Å²) in [6.07, 6.45) is -1.92. The molecule has 0 radical (unpaired) electrons. The van der Waals surface area contributed by atoms with Gasteiger partial charge >= 0.3 is 12.3 Å². The lowest BCUT2D eigenvalue weighted by molar-refractivity contribution is -0.137. The first-order chi connectivity index (χ1) is 21.6. The summed E-state index contributed by atoms with van der Waals surface area (Å²) in [7, 11) is 0. The summed E-state index contributed by atoms with van der Waals surface area (Å²) in [4.78, 5) is 47.8. The first-order valence-electron chi connectivity index (χ1n) is 14.2. The van der Waals surface area contributed by atoms with E-state index in [0.717, 1.165) is 22.6 Å². The SMILES string of the molecule is O=C(Nc1cc(OCCN2CCN(C(=O)O)CC2)cc(C(F)(F)F)c1)c1csc2c1CCN(C(=O)c1cnc3ccccn13)C2. The van der Waals surface area contributed by atoms with Gasteiger partial charge in [-0.25, -0.2) is 9.78 Å². The fourth-order valence-electron chi connectivity index (χ4n) is 5.52. The minimum atomic E-state index is -4.66. The van der Waals surface area contributed by atoms with Crippen LogP contribution in [0.5, 0.6) is 5.75 Å². The Morgan fingerprint density at radius 3 is 2.60 bits per heavy atom. The third-order valence-corrected chi connectivity index (χ3v) is 8.94. The Morgan fingerprint density at radius 2 is 1.84 bits per heavy atom. The number of carbonyl (C=O) groups excluding carboxylic acids is 2. The largest absolute Gasteiger partial charge is 0.492 e. The summed E-state index contributed by atoms with van der Waals surface area (Å²) >= 11 is 1.33. The molecule has 4 aromatic rings. The molecule has 45 heavy (non-hydrogen) atoms. The highest BCUT2D eigenvalue weighted by Crippen LogP contribution is 2.35. The van der Waals surface area contributed by atoms with E-state index in [0.29, 0.717) is 69.1 Å². The molecule has 3 amide bonds. The molecule has 1 fully saturated rings. The molecule has 1 saturated heterocycles. The number of halogens is 3. The maximum Gasteiger partial charge on any atom is 0.416 e. The van der Waals surface area contributed by atoms with E-state index in [1.165, 1.54) is 28.5 Å². The average molecular weight is 643 g/mol. The Balaban J connectivity index is 1.11. The van der Waals surface area contributed by atoms with Crippen molar-refractivity contribution in [3.8, 4) is 5.75 Å². The second kappa shape index (κ2) is 12.4. The molecule has 11 nitrogen and oxygen atoms in total. The monoisotopic (exact) mass is 642 g/mol. The van der Waals surface area contributed by atoms with Crippen molar-refractivity contribution in [2.24, 2.45) is 0 Å². The number of thiophene rings is 1. The molecule has 2 aliphatic rings. The molecule has 1 aromatic carbocycles. The van der Waals surface area contributed by atoms with E-state index < -0.39 is 23.7 Å². The van der Waals surface area contributed by atoms with Crippen LogP contribution in [0.3, 0.4) is 0 Å². The van der Waals surface area contributed by atoms with Gasteiger partial charge in [0.1, 0.15) is 23.7 Å². The molecular formula is C30H29F3N6O5S. The van der Waals surface area contributed by atoms with Gasteiger partial charge in [-0.15, -0.1) is 11.3 Å². The zero-order chi connectivity index (χ0) is 31.7. The van der Waals surface area contributed by atoms with E-state index in [1.807, 2.05) is 23.1 Å². The standard InChI is InChI=1S/C30H29F3N6O5S/c31-30(32,33)19-13-20(15-21(14-19)44-12-11-36-7-9-37(10-8-36)29(42)43)35-27(40)23-18-45-25-17-38(6-4-22(23)25)28(41)24-16-34-26-3-1-2-5-39(24)26/h1-3,5,13-16,18H,4,6-12,17H2,(H,35,40)(H,42,43). The number of piperazine rings is 1. The number of amides is 3. The number of benzene rings is 1. The van der Waals surface area contributed by atoms with Gasteiger partial charge in [-0.2, -0.15) is 13.2 Å². The van der Waals surface area contributed by atoms with Crippen molar-refractivity contribution in [2.75, 3.05) is 51.2 Å². The van der Waals surface area contributed by atoms with Gasteiger partial charge in [-0.3, -0.25) is 18.9 Å². The van der Waals surface area contributed by atoms with Gasteiger partial charge in [-0.05, 0) is 36.2 Å². The number of fused-ring (bicyclic) bond motifs is 2. The predicted molar refractivity (Wildman–Crippen MR) is 159 cm³/mol. The molecule has 5 heterocycles. The molecule has 0 aliphatic carbocycles. The molecule has 0 atom stereocenters. The quantitative estimate of drug-likeness (QED) is 0.304.